The van der Waals surface area contributed by atoms with Crippen molar-refractivity contribution < 1.29 is 9.53 Å². The smallest absolute Gasteiger partial charge is 0.207 e. The molecule has 1 N–H and O–H groups in total. The van der Waals surface area contributed by atoms with Gasteiger partial charge in [-0.25, -0.2) is 4.98 Å². The minimum atomic E-state index is 0.589. The van der Waals surface area contributed by atoms with Crippen molar-refractivity contribution in [3.05, 3.63) is 59.4 Å². The lowest BCUT2D eigenvalue weighted by molar-refractivity contribution is -0.109. The average molecular weight is 351 g/mol. The molecule has 26 heavy (non-hydrogen) atoms. The van der Waals surface area contributed by atoms with Gasteiger partial charge in [0.15, 0.2) is 0 Å². The number of nitrogens with one attached hydrogen (secondary N) is 1. The second-order valence-corrected chi connectivity index (χ2v) is 6.41. The van der Waals surface area contributed by atoms with Crippen molar-refractivity contribution >= 4 is 17.4 Å². The van der Waals surface area contributed by atoms with Gasteiger partial charge in [-0.3, -0.25) is 4.79 Å². The number of amides is 1. The number of aryl methyl sites for hydroxylation is 3. The van der Waals surface area contributed by atoms with Crippen molar-refractivity contribution in [1.82, 2.24) is 14.9 Å². The molecule has 5 nitrogen and oxygen atoms in total. The number of hydrogen-bond donors (Lipinski definition) is 1. The van der Waals surface area contributed by atoms with Crippen molar-refractivity contribution in [1.29, 1.82) is 0 Å². The zero-order valence-electron chi connectivity index (χ0n) is 15.4. The topological polar surface area (TPSA) is 56.1 Å². The molecule has 0 aliphatic carbocycles. The molecule has 2 aromatic carbocycles. The molecule has 0 aliphatic heterocycles. The zero-order valence-corrected chi connectivity index (χ0v) is 15.4. The summed E-state index contributed by atoms with van der Waals surface area (Å²) >= 11 is 0. The number of rotatable bonds is 9. The predicted octanol–water partition coefficient (Wildman–Crippen LogP) is 3.41. The van der Waals surface area contributed by atoms with Crippen LogP contribution in [0.4, 0.5) is 0 Å². The van der Waals surface area contributed by atoms with Gasteiger partial charge < -0.3 is 14.6 Å². The van der Waals surface area contributed by atoms with Crippen LogP contribution in [-0.2, 0) is 17.8 Å². The van der Waals surface area contributed by atoms with E-state index >= 15 is 0 Å². The number of carbonyl (C=O) groups excluding carboxylic acids is 1. The van der Waals surface area contributed by atoms with E-state index in [4.69, 9.17) is 9.72 Å². The molecular formula is C21H25N3O2. The van der Waals surface area contributed by atoms with Gasteiger partial charge in [-0.05, 0) is 43.5 Å². The summed E-state index contributed by atoms with van der Waals surface area (Å²) in [6.07, 6.45) is 2.42. The minimum Gasteiger partial charge on any atom is -0.491 e. The van der Waals surface area contributed by atoms with Crippen LogP contribution in [0.25, 0.3) is 11.0 Å². The second kappa shape index (κ2) is 8.52. The highest BCUT2D eigenvalue weighted by Gasteiger charge is 2.11. The van der Waals surface area contributed by atoms with E-state index in [1.54, 1.807) is 0 Å². The lowest BCUT2D eigenvalue weighted by Crippen LogP contribution is -2.15. The highest BCUT2D eigenvalue weighted by molar-refractivity contribution is 5.75. The van der Waals surface area contributed by atoms with Crippen molar-refractivity contribution in [2.75, 3.05) is 13.2 Å². The molecule has 0 bridgehead atoms. The molecule has 0 saturated heterocycles. The largest absolute Gasteiger partial charge is 0.491 e. The summed E-state index contributed by atoms with van der Waals surface area (Å²) < 4.78 is 8.31. The maximum absolute atomic E-state index is 10.4. The van der Waals surface area contributed by atoms with Gasteiger partial charge in [0.1, 0.15) is 18.2 Å². The molecule has 0 unspecified atom stereocenters. The summed E-state index contributed by atoms with van der Waals surface area (Å²) in [4.78, 5) is 15.2. The van der Waals surface area contributed by atoms with Crippen LogP contribution in [0.5, 0.6) is 5.75 Å². The molecule has 0 saturated carbocycles. The average Bonchev–Trinajstić information content (AvgIpc) is 2.99. The number of aromatic nitrogens is 2. The van der Waals surface area contributed by atoms with Crippen molar-refractivity contribution in [3.8, 4) is 5.75 Å². The molecule has 0 aliphatic rings. The van der Waals surface area contributed by atoms with Crippen molar-refractivity contribution in [3.63, 3.8) is 0 Å². The highest BCUT2D eigenvalue weighted by Crippen LogP contribution is 2.23. The van der Waals surface area contributed by atoms with E-state index in [9.17, 15) is 4.79 Å². The van der Waals surface area contributed by atoms with Crippen LogP contribution in [-0.4, -0.2) is 29.1 Å². The number of carbonyl (C=O) groups is 1. The Bertz CT molecular complexity index is 866. The number of hydrogen-bond acceptors (Lipinski definition) is 3. The molecule has 5 heteroatoms. The molecule has 0 atom stereocenters. The first-order valence-electron chi connectivity index (χ1n) is 9.01. The van der Waals surface area contributed by atoms with Crippen molar-refractivity contribution in [2.45, 2.75) is 33.2 Å². The van der Waals surface area contributed by atoms with Crippen LogP contribution in [0.3, 0.4) is 0 Å². The van der Waals surface area contributed by atoms with Crippen LogP contribution in [0.15, 0.2) is 42.5 Å². The Morgan fingerprint density at radius 2 is 1.88 bits per heavy atom. The van der Waals surface area contributed by atoms with Crippen LogP contribution < -0.4 is 10.1 Å². The van der Waals surface area contributed by atoms with Gasteiger partial charge in [0.25, 0.3) is 0 Å². The third-order valence-electron chi connectivity index (χ3n) is 4.51. The molecular weight excluding hydrogens is 326 g/mol. The van der Waals surface area contributed by atoms with Gasteiger partial charge in [0.05, 0.1) is 17.6 Å². The molecule has 1 amide bonds. The van der Waals surface area contributed by atoms with E-state index in [1.807, 2.05) is 24.3 Å². The fraction of sp³-hybridized carbons (Fsp3) is 0.333. The number of ether oxygens (including phenoxy) is 1. The molecule has 1 heterocycles. The van der Waals surface area contributed by atoms with Gasteiger partial charge in [-0.15, -0.1) is 0 Å². The predicted molar refractivity (Wildman–Crippen MR) is 104 cm³/mol. The normalized spacial score (nSPS) is 10.8. The van der Waals surface area contributed by atoms with E-state index in [-0.39, 0.29) is 0 Å². The second-order valence-electron chi connectivity index (χ2n) is 6.41. The van der Waals surface area contributed by atoms with E-state index in [0.29, 0.717) is 13.2 Å². The lowest BCUT2D eigenvalue weighted by atomic mass is 10.1. The van der Waals surface area contributed by atoms with E-state index in [1.165, 1.54) is 0 Å². The summed E-state index contributed by atoms with van der Waals surface area (Å²) in [6, 6.07) is 14.3. The fourth-order valence-electron chi connectivity index (χ4n) is 3.24. The zero-order chi connectivity index (χ0) is 18.4. The van der Waals surface area contributed by atoms with Gasteiger partial charge in [-0.1, -0.05) is 30.3 Å². The monoisotopic (exact) mass is 351 g/mol. The third kappa shape index (κ3) is 4.04. The summed E-state index contributed by atoms with van der Waals surface area (Å²) in [6.45, 7) is 6.13. The van der Waals surface area contributed by atoms with Crippen molar-refractivity contribution in [2.24, 2.45) is 0 Å². The molecule has 0 fully saturated rings. The maximum Gasteiger partial charge on any atom is 0.207 e. The Labute approximate surface area is 154 Å². The first kappa shape index (κ1) is 18.0. The van der Waals surface area contributed by atoms with Crippen LogP contribution in [0.1, 0.15) is 23.4 Å². The highest BCUT2D eigenvalue weighted by atomic mass is 16.5. The molecule has 136 valence electrons. The summed E-state index contributed by atoms with van der Waals surface area (Å²) in [5.41, 5.74) is 4.43. The Morgan fingerprint density at radius 3 is 2.65 bits per heavy atom. The van der Waals surface area contributed by atoms with E-state index in [2.05, 4.69) is 41.9 Å². The Balaban J connectivity index is 1.74. The quantitative estimate of drug-likeness (QED) is 0.475. The number of imidazole rings is 1. The number of nitrogens with zero attached hydrogens (tertiary/aromatic N) is 2. The van der Waals surface area contributed by atoms with Gasteiger partial charge in [0, 0.05) is 13.0 Å². The minimum absolute atomic E-state index is 0.589. The van der Waals surface area contributed by atoms with Crippen LogP contribution in [0.2, 0.25) is 0 Å². The summed E-state index contributed by atoms with van der Waals surface area (Å²) in [5.74, 6) is 2.00. The number of fused-ring (bicyclic) bond motifs is 1. The lowest BCUT2D eigenvalue weighted by Gasteiger charge is -2.14. The van der Waals surface area contributed by atoms with Crippen LogP contribution in [0, 0.1) is 13.8 Å². The Kier molecular flexibility index (Phi) is 5.89. The number of para-hydroxylation sites is 3. The van der Waals surface area contributed by atoms with Gasteiger partial charge in [-0.2, -0.15) is 0 Å². The standard InChI is InChI=1S/C21H25N3O2/c1-16-7-5-8-17(2)21(16)26-14-13-24-19-10-4-3-9-18(19)23-20(24)11-6-12-22-15-25/h3-5,7-10,15H,6,11-14H2,1-2H3,(H,22,25). The fourth-order valence-corrected chi connectivity index (χ4v) is 3.24. The molecule has 1 aromatic heterocycles. The van der Waals surface area contributed by atoms with E-state index in [0.717, 1.165) is 59.5 Å². The molecule has 0 radical (unpaired) electrons. The SMILES string of the molecule is Cc1cccc(C)c1OCCn1c(CCCNC=O)nc2ccccc21. The summed E-state index contributed by atoms with van der Waals surface area (Å²) in [7, 11) is 0. The Hall–Kier alpha value is -2.82. The Morgan fingerprint density at radius 1 is 1.12 bits per heavy atom. The van der Waals surface area contributed by atoms with Crippen LogP contribution >= 0.6 is 0 Å². The van der Waals surface area contributed by atoms with Gasteiger partial charge >= 0.3 is 0 Å². The molecule has 0 spiro atoms. The number of benzene rings is 2. The third-order valence-corrected chi connectivity index (χ3v) is 4.51. The molecule has 3 aromatic rings. The molecule has 3 rings (SSSR count). The maximum atomic E-state index is 10.4. The van der Waals surface area contributed by atoms with E-state index < -0.39 is 0 Å². The first-order chi connectivity index (χ1) is 12.7. The first-order valence-corrected chi connectivity index (χ1v) is 9.01. The van der Waals surface area contributed by atoms with Gasteiger partial charge in [0.2, 0.25) is 6.41 Å². The summed E-state index contributed by atoms with van der Waals surface area (Å²) in [5, 5.41) is 2.71.